The lowest BCUT2D eigenvalue weighted by atomic mass is 9.96. The number of aliphatic hydroxyl groups excluding tert-OH is 1. The zero-order valence-corrected chi connectivity index (χ0v) is 12.4. The number of aliphatic hydroxyl groups is 1. The fourth-order valence-corrected chi connectivity index (χ4v) is 3.85. The van der Waals surface area contributed by atoms with E-state index >= 15 is 0 Å². The average Bonchev–Trinajstić information content (AvgIpc) is 2.84. The summed E-state index contributed by atoms with van der Waals surface area (Å²) in [5.41, 5.74) is 2.47. The maximum absolute atomic E-state index is 11.8. The van der Waals surface area contributed by atoms with Gasteiger partial charge in [-0.25, -0.2) is 0 Å². The Morgan fingerprint density at radius 1 is 1.37 bits per heavy atom. The molecule has 2 aromatic rings. The number of halogens is 1. The van der Waals surface area contributed by atoms with Gasteiger partial charge in [-0.3, -0.25) is 4.79 Å². The lowest BCUT2D eigenvalue weighted by Gasteiger charge is -2.18. The molecule has 0 aliphatic carbocycles. The average molecular weight is 338 g/mol. The fraction of sp³-hybridized carbons (Fsp3) is 0.214. The molecule has 0 fully saturated rings. The highest BCUT2D eigenvalue weighted by Crippen LogP contribution is 2.33. The van der Waals surface area contributed by atoms with E-state index in [0.29, 0.717) is 12.1 Å². The van der Waals surface area contributed by atoms with Crippen molar-refractivity contribution in [3.63, 3.8) is 0 Å². The van der Waals surface area contributed by atoms with Gasteiger partial charge in [-0.1, -0.05) is 12.1 Å². The molecule has 98 valence electrons. The summed E-state index contributed by atoms with van der Waals surface area (Å²) in [5.74, 6) is -0.0551. The van der Waals surface area contributed by atoms with Crippen LogP contribution in [0, 0.1) is 0 Å². The first-order valence-corrected chi connectivity index (χ1v) is 7.66. The van der Waals surface area contributed by atoms with Gasteiger partial charge in [-0.2, -0.15) is 0 Å². The van der Waals surface area contributed by atoms with Crippen LogP contribution in [0.25, 0.3) is 0 Å². The van der Waals surface area contributed by atoms with E-state index in [1.807, 2.05) is 23.6 Å². The number of nitrogens with one attached hydrogen (secondary N) is 1. The molecule has 0 saturated heterocycles. The lowest BCUT2D eigenvalue weighted by Crippen LogP contribution is -2.31. The van der Waals surface area contributed by atoms with E-state index in [1.54, 1.807) is 6.07 Å². The summed E-state index contributed by atoms with van der Waals surface area (Å²) in [6, 6.07) is 7.54. The number of benzene rings is 1. The van der Waals surface area contributed by atoms with Gasteiger partial charge in [-0.05, 0) is 51.0 Å². The van der Waals surface area contributed by atoms with Crippen molar-refractivity contribution in [3.8, 4) is 0 Å². The van der Waals surface area contributed by atoms with E-state index in [-0.39, 0.29) is 5.91 Å². The van der Waals surface area contributed by atoms with Crippen LogP contribution in [0.3, 0.4) is 0 Å². The summed E-state index contributed by atoms with van der Waals surface area (Å²) in [6.45, 7) is 0.685. The van der Waals surface area contributed by atoms with Crippen LogP contribution < -0.4 is 5.32 Å². The van der Waals surface area contributed by atoms with E-state index in [2.05, 4.69) is 21.2 Å². The highest BCUT2D eigenvalue weighted by Gasteiger charge is 2.20. The summed E-state index contributed by atoms with van der Waals surface area (Å²) >= 11 is 4.92. The highest BCUT2D eigenvalue weighted by atomic mass is 79.9. The number of hydrogen-bond donors (Lipinski definition) is 2. The van der Waals surface area contributed by atoms with Gasteiger partial charge < -0.3 is 10.4 Å². The van der Waals surface area contributed by atoms with E-state index in [9.17, 15) is 9.90 Å². The molecule has 1 amide bonds. The molecule has 1 unspecified atom stereocenters. The standard InChI is InChI=1S/C14H12BrNO2S/c15-11-4-6-19-13(11)12(17)9-2-1-8-3-5-16-14(18)10(8)7-9/h1-2,4,6-7,12,17H,3,5H2,(H,16,18). The van der Waals surface area contributed by atoms with Gasteiger partial charge >= 0.3 is 0 Å². The summed E-state index contributed by atoms with van der Waals surface area (Å²) in [7, 11) is 0. The minimum atomic E-state index is -0.700. The van der Waals surface area contributed by atoms with Crippen LogP contribution in [0.15, 0.2) is 34.1 Å². The second-order valence-corrected chi connectivity index (χ2v) is 6.26. The van der Waals surface area contributed by atoms with Crippen molar-refractivity contribution < 1.29 is 9.90 Å². The van der Waals surface area contributed by atoms with Crippen LogP contribution in [0.1, 0.15) is 32.5 Å². The number of carbonyl (C=O) groups is 1. The zero-order valence-electron chi connectivity index (χ0n) is 10.0. The van der Waals surface area contributed by atoms with E-state index < -0.39 is 6.10 Å². The maximum atomic E-state index is 11.8. The summed E-state index contributed by atoms with van der Waals surface area (Å²) in [5, 5.41) is 15.1. The van der Waals surface area contributed by atoms with Crippen molar-refractivity contribution in [1.29, 1.82) is 0 Å². The van der Waals surface area contributed by atoms with Crippen molar-refractivity contribution in [2.45, 2.75) is 12.5 Å². The van der Waals surface area contributed by atoms with Gasteiger partial charge in [0.25, 0.3) is 5.91 Å². The maximum Gasteiger partial charge on any atom is 0.251 e. The SMILES string of the molecule is O=C1NCCc2ccc(C(O)c3sccc3Br)cc21. The number of hydrogen-bond acceptors (Lipinski definition) is 3. The van der Waals surface area contributed by atoms with Crippen molar-refractivity contribution >= 4 is 33.2 Å². The minimum absolute atomic E-state index is 0.0551. The molecule has 1 aromatic heterocycles. The zero-order chi connectivity index (χ0) is 13.4. The van der Waals surface area contributed by atoms with Gasteiger partial charge in [-0.15, -0.1) is 11.3 Å². The number of thiophene rings is 1. The van der Waals surface area contributed by atoms with Crippen LogP contribution in [0.4, 0.5) is 0 Å². The summed E-state index contributed by atoms with van der Waals surface area (Å²) in [4.78, 5) is 12.7. The Labute approximate surface area is 123 Å². The van der Waals surface area contributed by atoms with Crippen molar-refractivity contribution in [2.75, 3.05) is 6.54 Å². The second-order valence-electron chi connectivity index (χ2n) is 4.46. The Morgan fingerprint density at radius 3 is 2.95 bits per heavy atom. The predicted octanol–water partition coefficient (Wildman–Crippen LogP) is 2.88. The number of carbonyl (C=O) groups excluding carboxylic acids is 1. The molecule has 1 aliphatic rings. The van der Waals surface area contributed by atoms with Crippen LogP contribution >= 0.6 is 27.3 Å². The molecule has 0 radical (unpaired) electrons. The molecule has 0 spiro atoms. The number of amides is 1. The van der Waals surface area contributed by atoms with Crippen molar-refractivity contribution in [2.24, 2.45) is 0 Å². The highest BCUT2D eigenvalue weighted by molar-refractivity contribution is 9.10. The third-order valence-electron chi connectivity index (χ3n) is 3.27. The largest absolute Gasteiger partial charge is 0.383 e. The third-order valence-corrected chi connectivity index (χ3v) is 5.19. The molecule has 5 heteroatoms. The molecule has 0 saturated carbocycles. The molecule has 3 nitrogen and oxygen atoms in total. The van der Waals surface area contributed by atoms with Gasteiger partial charge in [0.2, 0.25) is 0 Å². The smallest absolute Gasteiger partial charge is 0.251 e. The fourth-order valence-electron chi connectivity index (χ4n) is 2.25. The Hall–Kier alpha value is -1.17. The molecule has 1 aliphatic heterocycles. The van der Waals surface area contributed by atoms with Crippen molar-refractivity contribution in [1.82, 2.24) is 5.32 Å². The third kappa shape index (κ3) is 2.33. The molecule has 19 heavy (non-hydrogen) atoms. The van der Waals surface area contributed by atoms with Gasteiger partial charge in [0.05, 0.1) is 4.88 Å². The monoisotopic (exact) mass is 337 g/mol. The Morgan fingerprint density at radius 2 is 2.21 bits per heavy atom. The normalized spacial score (nSPS) is 15.8. The van der Waals surface area contributed by atoms with Crippen LogP contribution in [-0.4, -0.2) is 17.6 Å². The van der Waals surface area contributed by atoms with Gasteiger partial charge in [0.15, 0.2) is 0 Å². The first kappa shape index (κ1) is 12.8. The van der Waals surface area contributed by atoms with Crippen LogP contribution in [0.2, 0.25) is 0 Å². The number of rotatable bonds is 2. The molecular formula is C14H12BrNO2S. The van der Waals surface area contributed by atoms with Gasteiger partial charge in [0, 0.05) is 16.6 Å². The van der Waals surface area contributed by atoms with E-state index in [4.69, 9.17) is 0 Å². The summed E-state index contributed by atoms with van der Waals surface area (Å²) < 4.78 is 0.896. The second kappa shape index (κ2) is 5.07. The molecule has 1 aromatic carbocycles. The molecular weight excluding hydrogens is 326 g/mol. The Kier molecular flexibility index (Phi) is 3.43. The Bertz CT molecular complexity index is 638. The first-order valence-electron chi connectivity index (χ1n) is 5.99. The van der Waals surface area contributed by atoms with Gasteiger partial charge in [0.1, 0.15) is 6.10 Å². The topological polar surface area (TPSA) is 49.3 Å². The van der Waals surface area contributed by atoms with E-state index in [0.717, 1.165) is 26.9 Å². The lowest BCUT2D eigenvalue weighted by molar-refractivity contribution is 0.0945. The Balaban J connectivity index is 2.00. The van der Waals surface area contributed by atoms with Crippen LogP contribution in [-0.2, 0) is 6.42 Å². The molecule has 2 heterocycles. The first-order chi connectivity index (χ1) is 9.16. The molecule has 1 atom stereocenters. The molecule has 0 bridgehead atoms. The minimum Gasteiger partial charge on any atom is -0.383 e. The summed E-state index contributed by atoms with van der Waals surface area (Å²) in [6.07, 6.45) is 0.148. The van der Waals surface area contributed by atoms with Crippen molar-refractivity contribution in [3.05, 3.63) is 55.7 Å². The number of fused-ring (bicyclic) bond motifs is 1. The molecule has 2 N–H and O–H groups in total. The van der Waals surface area contributed by atoms with Crippen LogP contribution in [0.5, 0.6) is 0 Å². The molecule has 3 rings (SSSR count). The van der Waals surface area contributed by atoms with E-state index in [1.165, 1.54) is 11.3 Å². The predicted molar refractivity (Wildman–Crippen MR) is 78.6 cm³/mol. The quantitative estimate of drug-likeness (QED) is 0.885.